The van der Waals surface area contributed by atoms with E-state index < -0.39 is 17.6 Å². The number of benzene rings is 1. The molecule has 0 bridgehead atoms. The number of aromatic nitrogens is 1. The predicted octanol–water partition coefficient (Wildman–Crippen LogP) is 3.32. The van der Waals surface area contributed by atoms with E-state index in [0.717, 1.165) is 12.1 Å². The lowest BCUT2D eigenvalue weighted by molar-refractivity contribution is -0.137. The lowest BCUT2D eigenvalue weighted by Crippen LogP contribution is -2.40. The van der Waals surface area contributed by atoms with Crippen LogP contribution in [0, 0.1) is 5.82 Å². The third-order valence-electron chi connectivity index (χ3n) is 4.15. The van der Waals surface area contributed by atoms with E-state index in [2.05, 4.69) is 10.3 Å². The van der Waals surface area contributed by atoms with Crippen LogP contribution in [-0.4, -0.2) is 42.1 Å². The molecule has 1 aliphatic rings. The monoisotopic (exact) mass is 383 g/mol. The van der Waals surface area contributed by atoms with Gasteiger partial charge in [0.2, 0.25) is 0 Å². The van der Waals surface area contributed by atoms with E-state index in [9.17, 15) is 22.4 Å². The highest BCUT2D eigenvalue weighted by Crippen LogP contribution is 2.30. The molecule has 0 atom stereocenters. The molecule has 27 heavy (non-hydrogen) atoms. The van der Waals surface area contributed by atoms with Crippen LogP contribution >= 0.6 is 0 Å². The number of nitrogens with zero attached hydrogens (tertiary/aromatic N) is 2. The molecule has 2 heterocycles. The third-order valence-corrected chi connectivity index (χ3v) is 4.15. The molecule has 2 aromatic rings. The number of rotatable bonds is 4. The van der Waals surface area contributed by atoms with Crippen molar-refractivity contribution in [3.8, 4) is 0 Å². The Morgan fingerprint density at radius 1 is 1.19 bits per heavy atom. The van der Waals surface area contributed by atoms with E-state index in [1.807, 2.05) is 0 Å². The van der Waals surface area contributed by atoms with Crippen molar-refractivity contribution in [3.05, 3.63) is 59.0 Å². The molecule has 1 saturated heterocycles. The van der Waals surface area contributed by atoms with Crippen molar-refractivity contribution in [3.63, 3.8) is 0 Å². The summed E-state index contributed by atoms with van der Waals surface area (Å²) in [6.45, 7) is 2.00. The fraction of sp³-hybridized carbons (Fsp3) is 0.333. The van der Waals surface area contributed by atoms with Crippen molar-refractivity contribution in [2.45, 2.75) is 12.7 Å². The Labute approximate surface area is 153 Å². The van der Waals surface area contributed by atoms with Gasteiger partial charge in [-0.2, -0.15) is 13.2 Å². The maximum absolute atomic E-state index is 13.8. The molecule has 1 aromatic heterocycles. The van der Waals surface area contributed by atoms with Gasteiger partial charge >= 0.3 is 6.18 Å². The molecule has 0 spiro atoms. The Morgan fingerprint density at radius 2 is 1.93 bits per heavy atom. The smallest absolute Gasteiger partial charge is 0.378 e. The van der Waals surface area contributed by atoms with Crippen LogP contribution in [-0.2, 0) is 17.5 Å². The molecule has 1 aromatic carbocycles. The first-order valence-electron chi connectivity index (χ1n) is 8.27. The number of alkyl halides is 3. The number of pyridine rings is 1. The number of carbonyl (C=O) groups excluding carboxylic acids is 1. The van der Waals surface area contributed by atoms with Gasteiger partial charge in [0, 0.05) is 31.4 Å². The Kier molecular flexibility index (Phi) is 5.59. The second kappa shape index (κ2) is 7.91. The summed E-state index contributed by atoms with van der Waals surface area (Å²) in [5.41, 5.74) is -0.533. The molecule has 1 N–H and O–H groups in total. The Hall–Kier alpha value is -2.68. The summed E-state index contributed by atoms with van der Waals surface area (Å²) in [7, 11) is 0. The summed E-state index contributed by atoms with van der Waals surface area (Å²) in [6.07, 6.45) is -3.18. The predicted molar refractivity (Wildman–Crippen MR) is 89.7 cm³/mol. The average Bonchev–Trinajstić information content (AvgIpc) is 2.67. The van der Waals surface area contributed by atoms with E-state index in [-0.39, 0.29) is 18.0 Å². The van der Waals surface area contributed by atoms with E-state index in [4.69, 9.17) is 4.74 Å². The average molecular weight is 383 g/mol. The summed E-state index contributed by atoms with van der Waals surface area (Å²) in [6, 6.07) is 5.54. The molecule has 9 heteroatoms. The zero-order chi connectivity index (χ0) is 19.4. The maximum Gasteiger partial charge on any atom is 0.416 e. The molecule has 0 radical (unpaired) electrons. The fourth-order valence-electron chi connectivity index (χ4n) is 2.63. The fourth-order valence-corrected chi connectivity index (χ4v) is 2.63. The van der Waals surface area contributed by atoms with Gasteiger partial charge in [-0.05, 0) is 24.3 Å². The second-order valence-electron chi connectivity index (χ2n) is 5.99. The number of anilines is 1. The van der Waals surface area contributed by atoms with Crippen molar-refractivity contribution in [1.82, 2.24) is 9.88 Å². The minimum atomic E-state index is -4.59. The van der Waals surface area contributed by atoms with Crippen LogP contribution in [0.2, 0.25) is 0 Å². The van der Waals surface area contributed by atoms with Gasteiger partial charge in [-0.1, -0.05) is 6.07 Å². The summed E-state index contributed by atoms with van der Waals surface area (Å²) in [5, 5.41) is 2.83. The van der Waals surface area contributed by atoms with Gasteiger partial charge in [0.05, 0.1) is 24.3 Å². The van der Waals surface area contributed by atoms with Crippen molar-refractivity contribution >= 4 is 11.7 Å². The summed E-state index contributed by atoms with van der Waals surface area (Å²) in [5.74, 6) is -0.713. The van der Waals surface area contributed by atoms with Crippen molar-refractivity contribution in [1.29, 1.82) is 0 Å². The minimum absolute atomic E-state index is 0.0340. The first-order chi connectivity index (χ1) is 12.8. The number of ether oxygens (including phenoxy) is 1. The number of amides is 1. The lowest BCUT2D eigenvalue weighted by atomic mass is 10.1. The van der Waals surface area contributed by atoms with Gasteiger partial charge in [-0.25, -0.2) is 9.37 Å². The molecule has 0 saturated carbocycles. The van der Waals surface area contributed by atoms with Crippen LogP contribution in [0.25, 0.3) is 0 Å². The molecule has 144 valence electrons. The van der Waals surface area contributed by atoms with Crippen LogP contribution in [0.3, 0.4) is 0 Å². The minimum Gasteiger partial charge on any atom is -0.378 e. The zero-order valence-electron chi connectivity index (χ0n) is 14.2. The van der Waals surface area contributed by atoms with E-state index in [1.165, 1.54) is 6.20 Å². The Bertz CT molecular complexity index is 803. The number of nitrogens with one attached hydrogen (secondary N) is 1. The summed E-state index contributed by atoms with van der Waals surface area (Å²) >= 11 is 0. The normalized spacial score (nSPS) is 14.9. The third kappa shape index (κ3) is 4.73. The highest BCUT2D eigenvalue weighted by Gasteiger charge is 2.31. The van der Waals surface area contributed by atoms with Crippen LogP contribution in [0.1, 0.15) is 21.5 Å². The highest BCUT2D eigenvalue weighted by atomic mass is 19.4. The number of carbonyl (C=O) groups is 1. The van der Waals surface area contributed by atoms with Gasteiger partial charge in [-0.3, -0.25) is 4.79 Å². The van der Waals surface area contributed by atoms with Gasteiger partial charge in [0.25, 0.3) is 5.91 Å². The molecule has 1 fully saturated rings. The molecule has 1 amide bonds. The van der Waals surface area contributed by atoms with Gasteiger partial charge in [-0.15, -0.1) is 0 Å². The SMILES string of the molecule is O=C(c1ccc(NCc2ccc(C(F)(F)F)cc2F)nc1)N1CCOCC1. The molecule has 0 aliphatic carbocycles. The van der Waals surface area contributed by atoms with Crippen molar-refractivity contribution in [2.75, 3.05) is 31.6 Å². The summed E-state index contributed by atoms with van der Waals surface area (Å²) in [4.78, 5) is 18.1. The quantitative estimate of drug-likeness (QED) is 0.823. The Morgan fingerprint density at radius 3 is 2.52 bits per heavy atom. The standard InChI is InChI=1S/C18H17F4N3O2/c19-15-9-14(18(20,21)22)3-1-12(15)10-23-16-4-2-13(11-24-16)17(26)25-5-7-27-8-6-25/h1-4,9,11H,5-8,10H2,(H,23,24). The number of hydrogen-bond acceptors (Lipinski definition) is 4. The second-order valence-corrected chi connectivity index (χ2v) is 5.99. The summed E-state index contributed by atoms with van der Waals surface area (Å²) < 4.78 is 56.7. The van der Waals surface area contributed by atoms with Crippen LogP contribution < -0.4 is 5.32 Å². The molecule has 5 nitrogen and oxygen atoms in total. The van der Waals surface area contributed by atoms with Crippen molar-refractivity contribution < 1.29 is 27.1 Å². The maximum atomic E-state index is 13.8. The molecular weight excluding hydrogens is 366 g/mol. The van der Waals surface area contributed by atoms with Gasteiger partial charge in [0.15, 0.2) is 0 Å². The zero-order valence-corrected chi connectivity index (χ0v) is 14.2. The number of halogens is 4. The first-order valence-corrected chi connectivity index (χ1v) is 8.27. The van der Waals surface area contributed by atoms with E-state index >= 15 is 0 Å². The van der Waals surface area contributed by atoms with Gasteiger partial charge in [0.1, 0.15) is 11.6 Å². The van der Waals surface area contributed by atoms with Crippen molar-refractivity contribution in [2.24, 2.45) is 0 Å². The molecule has 3 rings (SSSR count). The molecule has 0 unspecified atom stereocenters. The molecule has 1 aliphatic heterocycles. The van der Waals surface area contributed by atoms with Crippen LogP contribution in [0.15, 0.2) is 36.5 Å². The Balaban J connectivity index is 1.61. The highest BCUT2D eigenvalue weighted by molar-refractivity contribution is 5.94. The number of hydrogen-bond donors (Lipinski definition) is 1. The van der Waals surface area contributed by atoms with Crippen LogP contribution in [0.5, 0.6) is 0 Å². The topological polar surface area (TPSA) is 54.5 Å². The lowest BCUT2D eigenvalue weighted by Gasteiger charge is -2.26. The number of morpholine rings is 1. The van der Waals surface area contributed by atoms with E-state index in [1.54, 1.807) is 17.0 Å². The largest absolute Gasteiger partial charge is 0.416 e. The van der Waals surface area contributed by atoms with E-state index in [0.29, 0.717) is 43.8 Å². The van der Waals surface area contributed by atoms with Crippen LogP contribution in [0.4, 0.5) is 23.4 Å². The molecular formula is C18H17F4N3O2. The first kappa shape index (κ1) is 19.1. The van der Waals surface area contributed by atoms with Gasteiger partial charge < -0.3 is 15.0 Å².